The van der Waals surface area contributed by atoms with Gasteiger partial charge in [-0.3, -0.25) is 4.79 Å². The standard InChI is InChI=1S/C32H60O11/c1-4-6-8-9-10-11-12-13-14-15-16-17-18-19-24(34)42-29-22(3)40-31(28(38)27(29)37)43-30-26(36)25(35)23(21-33)41-32(30)39-20-7-5-2/h22-23,25-33,35-38H,4-21H2,1-3H3/t22-,23+,25+,26-,27-,28+,29-,30+,31+,32+/m0/s1. The van der Waals surface area contributed by atoms with E-state index in [1.54, 1.807) is 6.92 Å². The average molecular weight is 621 g/mol. The summed E-state index contributed by atoms with van der Waals surface area (Å²) in [5.74, 6) is -0.465. The molecule has 5 N–H and O–H groups in total. The molecule has 2 rings (SSSR count). The van der Waals surface area contributed by atoms with Gasteiger partial charge in [-0.05, 0) is 19.8 Å². The van der Waals surface area contributed by atoms with Crippen molar-refractivity contribution < 1.29 is 54.0 Å². The lowest BCUT2D eigenvalue weighted by molar-refractivity contribution is -0.364. The maximum absolute atomic E-state index is 12.5. The Morgan fingerprint density at radius 3 is 1.74 bits per heavy atom. The van der Waals surface area contributed by atoms with E-state index in [1.165, 1.54) is 57.8 Å². The molecular weight excluding hydrogens is 560 g/mol. The smallest absolute Gasteiger partial charge is 0.306 e. The van der Waals surface area contributed by atoms with E-state index < -0.39 is 74.0 Å². The van der Waals surface area contributed by atoms with E-state index in [1.807, 2.05) is 6.92 Å². The monoisotopic (exact) mass is 620 g/mol. The number of aliphatic hydroxyl groups excluding tert-OH is 5. The molecule has 0 unspecified atom stereocenters. The Morgan fingerprint density at radius 1 is 0.651 bits per heavy atom. The van der Waals surface area contributed by atoms with Crippen LogP contribution >= 0.6 is 0 Å². The molecule has 0 spiro atoms. The minimum atomic E-state index is -1.61. The fourth-order valence-corrected chi connectivity index (χ4v) is 5.61. The van der Waals surface area contributed by atoms with Gasteiger partial charge in [0.25, 0.3) is 0 Å². The molecule has 11 heteroatoms. The predicted octanol–water partition coefficient (Wildman–Crippen LogP) is 3.49. The second-order valence-electron chi connectivity index (χ2n) is 12.2. The molecule has 0 saturated carbocycles. The lowest BCUT2D eigenvalue weighted by atomic mass is 9.97. The predicted molar refractivity (Wildman–Crippen MR) is 160 cm³/mol. The number of ether oxygens (including phenoxy) is 5. The van der Waals surface area contributed by atoms with Crippen LogP contribution in [0.1, 0.15) is 124 Å². The van der Waals surface area contributed by atoms with Crippen molar-refractivity contribution >= 4 is 5.97 Å². The minimum Gasteiger partial charge on any atom is -0.457 e. The molecule has 2 fully saturated rings. The lowest BCUT2D eigenvalue weighted by Crippen LogP contribution is -2.64. The zero-order chi connectivity index (χ0) is 31.6. The molecule has 10 atom stereocenters. The van der Waals surface area contributed by atoms with E-state index >= 15 is 0 Å². The summed E-state index contributed by atoms with van der Waals surface area (Å²) in [6, 6.07) is 0. The van der Waals surface area contributed by atoms with Gasteiger partial charge in [0.05, 0.1) is 12.7 Å². The third kappa shape index (κ3) is 13.2. The summed E-state index contributed by atoms with van der Waals surface area (Å²) < 4.78 is 28.3. The van der Waals surface area contributed by atoms with Crippen LogP contribution in [0.2, 0.25) is 0 Å². The summed E-state index contributed by atoms with van der Waals surface area (Å²) in [5, 5.41) is 52.1. The quantitative estimate of drug-likeness (QED) is 0.0889. The van der Waals surface area contributed by atoms with Crippen molar-refractivity contribution in [2.75, 3.05) is 13.2 Å². The number of aliphatic hydroxyl groups is 5. The number of carbonyl (C=O) groups excluding carboxylic acids is 1. The van der Waals surface area contributed by atoms with Crippen molar-refractivity contribution in [3.8, 4) is 0 Å². The molecule has 0 aliphatic carbocycles. The third-order valence-corrected chi connectivity index (χ3v) is 8.42. The summed E-state index contributed by atoms with van der Waals surface area (Å²) in [6.07, 6.45) is 4.48. The second kappa shape index (κ2) is 21.8. The first kappa shape index (κ1) is 38.3. The second-order valence-corrected chi connectivity index (χ2v) is 12.2. The van der Waals surface area contributed by atoms with E-state index in [-0.39, 0.29) is 13.0 Å². The Bertz CT molecular complexity index is 725. The highest BCUT2D eigenvalue weighted by Gasteiger charge is 2.51. The molecular formula is C32H60O11. The zero-order valence-electron chi connectivity index (χ0n) is 26.7. The van der Waals surface area contributed by atoms with Crippen LogP contribution in [0.4, 0.5) is 0 Å². The van der Waals surface area contributed by atoms with Crippen LogP contribution in [0.15, 0.2) is 0 Å². The van der Waals surface area contributed by atoms with Crippen molar-refractivity contribution in [3.63, 3.8) is 0 Å². The number of hydrogen-bond donors (Lipinski definition) is 5. The Morgan fingerprint density at radius 2 is 1.19 bits per heavy atom. The molecule has 2 saturated heterocycles. The number of carbonyl (C=O) groups is 1. The summed E-state index contributed by atoms with van der Waals surface area (Å²) >= 11 is 0. The molecule has 2 aliphatic heterocycles. The Hall–Kier alpha value is -0.890. The Balaban J connectivity index is 1.72. The lowest BCUT2D eigenvalue weighted by Gasteiger charge is -2.46. The zero-order valence-corrected chi connectivity index (χ0v) is 26.7. The van der Waals surface area contributed by atoms with Gasteiger partial charge in [-0.25, -0.2) is 0 Å². The van der Waals surface area contributed by atoms with Gasteiger partial charge in [-0.1, -0.05) is 97.3 Å². The highest BCUT2D eigenvalue weighted by molar-refractivity contribution is 5.69. The fourth-order valence-electron chi connectivity index (χ4n) is 5.61. The largest absolute Gasteiger partial charge is 0.457 e. The molecule has 11 nitrogen and oxygen atoms in total. The minimum absolute atomic E-state index is 0.218. The molecule has 254 valence electrons. The summed E-state index contributed by atoms with van der Waals surface area (Å²) in [4.78, 5) is 12.5. The third-order valence-electron chi connectivity index (χ3n) is 8.42. The number of esters is 1. The van der Waals surface area contributed by atoms with Crippen molar-refractivity contribution in [1.82, 2.24) is 0 Å². The maximum atomic E-state index is 12.5. The van der Waals surface area contributed by atoms with Gasteiger partial charge in [0, 0.05) is 13.0 Å². The maximum Gasteiger partial charge on any atom is 0.306 e. The normalized spacial score (nSPS) is 33.0. The molecule has 2 heterocycles. The Kier molecular flexibility index (Phi) is 19.4. The van der Waals surface area contributed by atoms with Gasteiger partial charge < -0.3 is 49.2 Å². The van der Waals surface area contributed by atoms with E-state index in [2.05, 4.69) is 6.92 Å². The molecule has 0 aromatic carbocycles. The summed E-state index contributed by atoms with van der Waals surface area (Å²) in [6.45, 7) is 5.55. The van der Waals surface area contributed by atoms with Gasteiger partial charge in [0.15, 0.2) is 18.7 Å². The van der Waals surface area contributed by atoms with E-state index in [4.69, 9.17) is 23.7 Å². The number of rotatable bonds is 22. The molecule has 0 aromatic rings. The van der Waals surface area contributed by atoms with E-state index in [9.17, 15) is 30.3 Å². The van der Waals surface area contributed by atoms with Crippen LogP contribution in [0.25, 0.3) is 0 Å². The van der Waals surface area contributed by atoms with Crippen LogP contribution in [-0.4, -0.2) is 106 Å². The first-order valence-corrected chi connectivity index (χ1v) is 16.9. The molecule has 43 heavy (non-hydrogen) atoms. The molecule has 0 radical (unpaired) electrons. The molecule has 0 bridgehead atoms. The molecule has 2 aliphatic rings. The van der Waals surface area contributed by atoms with Gasteiger partial charge in [-0.2, -0.15) is 0 Å². The van der Waals surface area contributed by atoms with Crippen LogP contribution in [0, 0.1) is 0 Å². The first-order chi connectivity index (χ1) is 20.7. The van der Waals surface area contributed by atoms with Gasteiger partial charge in [-0.15, -0.1) is 0 Å². The molecule has 0 amide bonds. The van der Waals surface area contributed by atoms with E-state index in [0.29, 0.717) is 12.8 Å². The summed E-state index contributed by atoms with van der Waals surface area (Å²) in [7, 11) is 0. The van der Waals surface area contributed by atoms with Gasteiger partial charge in [0.2, 0.25) is 0 Å². The number of hydrogen-bond acceptors (Lipinski definition) is 11. The van der Waals surface area contributed by atoms with Crippen molar-refractivity contribution in [2.45, 2.75) is 185 Å². The SMILES string of the molecule is CCCCCCCCCCCCCCCC(=O)O[C@@H]1[C@@H](O)[C@@H](O)[C@@H](O[C@H]2[C@H](OCCCC)O[C@H](CO)[C@@H](O)[C@@H]2O)O[C@H]1C. The van der Waals surface area contributed by atoms with Gasteiger partial charge >= 0.3 is 5.97 Å². The summed E-state index contributed by atoms with van der Waals surface area (Å²) in [5.41, 5.74) is 0. The van der Waals surface area contributed by atoms with Crippen LogP contribution in [0.5, 0.6) is 0 Å². The highest BCUT2D eigenvalue weighted by Crippen LogP contribution is 2.31. The molecule has 0 aromatic heterocycles. The van der Waals surface area contributed by atoms with Crippen molar-refractivity contribution in [2.24, 2.45) is 0 Å². The van der Waals surface area contributed by atoms with Crippen molar-refractivity contribution in [3.05, 3.63) is 0 Å². The van der Waals surface area contributed by atoms with Crippen LogP contribution < -0.4 is 0 Å². The Labute approximate surface area is 258 Å². The van der Waals surface area contributed by atoms with Crippen molar-refractivity contribution in [1.29, 1.82) is 0 Å². The van der Waals surface area contributed by atoms with Crippen LogP contribution in [-0.2, 0) is 28.5 Å². The fraction of sp³-hybridized carbons (Fsp3) is 0.969. The van der Waals surface area contributed by atoms with Crippen LogP contribution in [0.3, 0.4) is 0 Å². The topological polar surface area (TPSA) is 164 Å². The first-order valence-electron chi connectivity index (χ1n) is 16.9. The van der Waals surface area contributed by atoms with E-state index in [0.717, 1.165) is 25.7 Å². The average Bonchev–Trinajstić information content (AvgIpc) is 2.99. The number of unbranched alkanes of at least 4 members (excludes halogenated alkanes) is 13. The highest BCUT2D eigenvalue weighted by atomic mass is 16.8. The van der Waals surface area contributed by atoms with Gasteiger partial charge in [0.1, 0.15) is 36.6 Å².